The summed E-state index contributed by atoms with van der Waals surface area (Å²) < 4.78 is 28.8. The van der Waals surface area contributed by atoms with Crippen LogP contribution in [0.3, 0.4) is 0 Å². The molecule has 0 saturated heterocycles. The Morgan fingerprint density at radius 1 is 0.893 bits per heavy atom. The van der Waals surface area contributed by atoms with Gasteiger partial charge >= 0.3 is 0 Å². The van der Waals surface area contributed by atoms with E-state index >= 15 is 0 Å². The number of hydrogen-bond donors (Lipinski definition) is 0. The van der Waals surface area contributed by atoms with E-state index in [9.17, 15) is 8.42 Å². The maximum atomic E-state index is 13.4. The van der Waals surface area contributed by atoms with Gasteiger partial charge in [-0.3, -0.25) is 0 Å². The third kappa shape index (κ3) is 3.51. The molecule has 0 aliphatic rings. The van der Waals surface area contributed by atoms with Gasteiger partial charge in [-0.2, -0.15) is 0 Å². The van der Waals surface area contributed by atoms with E-state index in [1.165, 1.54) is 3.97 Å². The van der Waals surface area contributed by atoms with Gasteiger partial charge in [0.15, 0.2) is 0 Å². The number of nitrogens with zero attached hydrogens (tertiary/aromatic N) is 2. The summed E-state index contributed by atoms with van der Waals surface area (Å²) in [4.78, 5) is 4.70. The number of rotatable bonds is 4. The lowest BCUT2D eigenvalue weighted by atomic mass is 10.2. The molecule has 1 aromatic heterocycles. The largest absolute Gasteiger partial charge is 0.269 e. The van der Waals surface area contributed by atoms with Crippen LogP contribution in [0.4, 0.5) is 0 Å². The first-order chi connectivity index (χ1) is 13.5. The molecular weight excluding hydrogens is 460 g/mol. The van der Waals surface area contributed by atoms with E-state index in [1.54, 1.807) is 60.7 Å². The lowest BCUT2D eigenvalue weighted by Gasteiger charge is -2.09. The molecule has 0 radical (unpaired) electrons. The molecule has 0 aliphatic carbocycles. The normalized spacial score (nSPS) is 12.1. The van der Waals surface area contributed by atoms with Gasteiger partial charge in [0, 0.05) is 9.50 Å². The fraction of sp³-hybridized carbons (Fsp3) is 0. The summed E-state index contributed by atoms with van der Waals surface area (Å²) in [7, 11) is -3.84. The first kappa shape index (κ1) is 18.9. The second-order valence-corrected chi connectivity index (χ2v) is 9.15. The van der Waals surface area contributed by atoms with E-state index in [0.717, 1.165) is 10.0 Å². The molecule has 0 unspecified atom stereocenters. The Kier molecular flexibility index (Phi) is 5.10. The van der Waals surface area contributed by atoms with Crippen LogP contribution in [0.25, 0.3) is 23.2 Å². The van der Waals surface area contributed by atoms with Gasteiger partial charge < -0.3 is 0 Å². The van der Waals surface area contributed by atoms with Crippen LogP contribution in [-0.4, -0.2) is 17.4 Å². The lowest BCUT2D eigenvalue weighted by molar-refractivity contribution is 0.588. The van der Waals surface area contributed by atoms with Gasteiger partial charge in [-0.05, 0) is 60.2 Å². The minimum Gasteiger partial charge on any atom is -0.228 e. The summed E-state index contributed by atoms with van der Waals surface area (Å²) in [6.07, 6.45) is 3.43. The number of halogens is 2. The predicted molar refractivity (Wildman–Crippen MR) is 117 cm³/mol. The van der Waals surface area contributed by atoms with Gasteiger partial charge in [0.25, 0.3) is 10.0 Å². The van der Waals surface area contributed by atoms with Crippen LogP contribution in [0.2, 0.25) is 5.02 Å². The number of para-hydroxylation sites is 2. The molecule has 0 fully saturated rings. The fourth-order valence-electron chi connectivity index (χ4n) is 2.87. The van der Waals surface area contributed by atoms with E-state index < -0.39 is 10.0 Å². The minimum absolute atomic E-state index is 0.186. The van der Waals surface area contributed by atoms with Gasteiger partial charge in [-0.1, -0.05) is 57.9 Å². The number of imidazole rings is 1. The first-order valence-electron chi connectivity index (χ1n) is 8.38. The molecular formula is C21H14BrClN2O2S. The molecule has 140 valence electrons. The topological polar surface area (TPSA) is 52.0 Å². The van der Waals surface area contributed by atoms with Crippen molar-refractivity contribution in [3.05, 3.63) is 93.7 Å². The highest BCUT2D eigenvalue weighted by atomic mass is 79.9. The number of fused-ring (bicyclic) bond motifs is 1. The number of hydrogen-bond acceptors (Lipinski definition) is 3. The van der Waals surface area contributed by atoms with Crippen molar-refractivity contribution in [2.45, 2.75) is 4.90 Å². The molecule has 0 bridgehead atoms. The molecule has 0 atom stereocenters. The quantitative estimate of drug-likeness (QED) is 0.373. The van der Waals surface area contributed by atoms with Gasteiger partial charge in [0.2, 0.25) is 0 Å². The molecule has 7 heteroatoms. The zero-order valence-corrected chi connectivity index (χ0v) is 17.6. The Morgan fingerprint density at radius 3 is 2.32 bits per heavy atom. The molecule has 3 aromatic carbocycles. The van der Waals surface area contributed by atoms with Crippen LogP contribution >= 0.6 is 27.5 Å². The summed E-state index contributed by atoms with van der Waals surface area (Å²) in [6, 6.07) is 21.0. The van der Waals surface area contributed by atoms with Gasteiger partial charge in [0.05, 0.1) is 15.9 Å². The third-order valence-corrected chi connectivity index (χ3v) is 6.82. The van der Waals surface area contributed by atoms with E-state index in [-0.39, 0.29) is 4.90 Å². The van der Waals surface area contributed by atoms with Crippen molar-refractivity contribution in [2.75, 3.05) is 0 Å². The molecule has 0 N–H and O–H groups in total. The van der Waals surface area contributed by atoms with Crippen molar-refractivity contribution in [3.63, 3.8) is 0 Å². The van der Waals surface area contributed by atoms with Gasteiger partial charge in [0.1, 0.15) is 5.82 Å². The van der Waals surface area contributed by atoms with E-state index in [4.69, 9.17) is 11.6 Å². The second-order valence-electron chi connectivity index (χ2n) is 6.04. The summed E-state index contributed by atoms with van der Waals surface area (Å²) in [6.45, 7) is 0. The Balaban J connectivity index is 1.91. The minimum atomic E-state index is -3.84. The maximum Gasteiger partial charge on any atom is 0.269 e. The van der Waals surface area contributed by atoms with Crippen LogP contribution in [0, 0.1) is 0 Å². The van der Waals surface area contributed by atoms with Crippen LogP contribution in [-0.2, 0) is 10.0 Å². The van der Waals surface area contributed by atoms with E-state index in [1.807, 2.05) is 24.3 Å². The molecule has 0 spiro atoms. The molecule has 0 amide bonds. The molecule has 0 aliphatic heterocycles. The van der Waals surface area contributed by atoms with E-state index in [2.05, 4.69) is 20.9 Å². The first-order valence-corrected chi connectivity index (χ1v) is 11.0. The number of aromatic nitrogens is 2. The summed E-state index contributed by atoms with van der Waals surface area (Å²) >= 11 is 9.54. The molecule has 1 heterocycles. The van der Waals surface area contributed by atoms with Crippen molar-refractivity contribution in [1.29, 1.82) is 0 Å². The zero-order valence-electron chi connectivity index (χ0n) is 14.5. The van der Waals surface area contributed by atoms with E-state index in [0.29, 0.717) is 21.9 Å². The average molecular weight is 474 g/mol. The van der Waals surface area contributed by atoms with Gasteiger partial charge in [-0.25, -0.2) is 17.4 Å². The Morgan fingerprint density at radius 2 is 1.57 bits per heavy atom. The van der Waals surface area contributed by atoms with Crippen molar-refractivity contribution in [2.24, 2.45) is 0 Å². The molecule has 4 rings (SSSR count). The van der Waals surface area contributed by atoms with Crippen LogP contribution in [0.5, 0.6) is 0 Å². The highest BCUT2D eigenvalue weighted by molar-refractivity contribution is 9.10. The lowest BCUT2D eigenvalue weighted by Crippen LogP contribution is -2.14. The smallest absolute Gasteiger partial charge is 0.228 e. The summed E-state index contributed by atoms with van der Waals surface area (Å²) in [5.74, 6) is 0.309. The second kappa shape index (κ2) is 7.54. The fourth-order valence-corrected chi connectivity index (χ4v) is 4.78. The standard InChI is InChI=1S/C21H14BrClN2O2S/c22-16-10-12-17(13-11-16)28(26,27)25-20-8-4-3-7-19(20)24-21(25)14-9-15-5-1-2-6-18(15)23/h1-14H. The SMILES string of the molecule is O=S(=O)(c1ccc(Br)cc1)n1c(C=Cc2ccccc2Cl)nc2ccccc21. The molecule has 4 nitrogen and oxygen atoms in total. The van der Waals surface area contributed by atoms with Crippen molar-refractivity contribution < 1.29 is 8.42 Å². The Labute approximate surface area is 176 Å². The average Bonchev–Trinajstić information content (AvgIpc) is 3.07. The zero-order chi connectivity index (χ0) is 19.7. The number of benzene rings is 3. The van der Waals surface area contributed by atoms with Crippen LogP contribution in [0.15, 0.2) is 82.2 Å². The van der Waals surface area contributed by atoms with Gasteiger partial charge in [-0.15, -0.1) is 0 Å². The predicted octanol–water partition coefficient (Wildman–Crippen LogP) is 5.86. The maximum absolute atomic E-state index is 13.4. The van der Waals surface area contributed by atoms with Crippen LogP contribution < -0.4 is 0 Å². The summed E-state index contributed by atoms with van der Waals surface area (Å²) in [5, 5.41) is 0.581. The van der Waals surface area contributed by atoms with Crippen molar-refractivity contribution in [3.8, 4) is 0 Å². The van der Waals surface area contributed by atoms with Crippen LogP contribution in [0.1, 0.15) is 11.4 Å². The van der Waals surface area contributed by atoms with Crippen molar-refractivity contribution in [1.82, 2.24) is 8.96 Å². The Hall–Kier alpha value is -2.41. The highest BCUT2D eigenvalue weighted by Gasteiger charge is 2.23. The van der Waals surface area contributed by atoms with Crippen molar-refractivity contribution >= 4 is 60.7 Å². The monoisotopic (exact) mass is 472 g/mol. The third-order valence-electron chi connectivity index (χ3n) is 4.21. The Bertz CT molecular complexity index is 1300. The molecule has 28 heavy (non-hydrogen) atoms. The molecule has 0 saturated carbocycles. The molecule has 4 aromatic rings. The highest BCUT2D eigenvalue weighted by Crippen LogP contribution is 2.26. The summed E-state index contributed by atoms with van der Waals surface area (Å²) in [5.41, 5.74) is 1.90.